The van der Waals surface area contributed by atoms with Crippen LogP contribution >= 0.6 is 0 Å². The maximum atomic E-state index is 2.44. The van der Waals surface area contributed by atoms with Crippen LogP contribution in [0.4, 0.5) is 0 Å². The monoisotopic (exact) mass is 321 g/mol. The molecule has 0 aliphatic carbocycles. The number of aromatic nitrogens is 1. The zero-order valence-electron chi connectivity index (χ0n) is 14.0. The molecule has 1 aromatic heterocycles. The summed E-state index contributed by atoms with van der Waals surface area (Å²) in [6.45, 7) is 1.04. The van der Waals surface area contributed by atoms with Crippen molar-refractivity contribution in [2.45, 2.75) is 13.0 Å². The van der Waals surface area contributed by atoms with E-state index in [-0.39, 0.29) is 0 Å². The van der Waals surface area contributed by atoms with Crippen LogP contribution in [0.1, 0.15) is 5.56 Å². The molecule has 0 saturated carbocycles. The lowest BCUT2D eigenvalue weighted by Crippen LogP contribution is -2.09. The number of fused-ring (bicyclic) bond motifs is 3. The summed E-state index contributed by atoms with van der Waals surface area (Å²) in [7, 11) is 0. The van der Waals surface area contributed by atoms with E-state index in [0.29, 0.717) is 0 Å². The molecule has 0 unspecified atom stereocenters. The molecule has 0 N–H and O–H groups in total. The average molecular weight is 321 g/mol. The third-order valence-electron chi connectivity index (χ3n) is 5.12. The van der Waals surface area contributed by atoms with Crippen LogP contribution in [-0.4, -0.2) is 4.57 Å². The first-order chi connectivity index (χ1) is 12.4. The number of nitrogens with zero attached hydrogens (tertiary/aromatic N) is 1. The summed E-state index contributed by atoms with van der Waals surface area (Å²) < 4.78 is 2.44. The van der Waals surface area contributed by atoms with E-state index in [1.54, 1.807) is 0 Å². The summed E-state index contributed by atoms with van der Waals surface area (Å²) in [6.07, 6.45) is 3.43. The van der Waals surface area contributed by atoms with Crippen molar-refractivity contribution in [1.29, 1.82) is 0 Å². The molecule has 0 radical (unpaired) electrons. The summed E-state index contributed by atoms with van der Waals surface area (Å²) >= 11 is 0. The molecule has 25 heavy (non-hydrogen) atoms. The Morgan fingerprint density at radius 3 is 2.00 bits per heavy atom. The Labute approximate surface area is 148 Å². The van der Waals surface area contributed by atoms with Gasteiger partial charge in [-0.2, -0.15) is 0 Å². The van der Waals surface area contributed by atoms with Crippen LogP contribution in [0.25, 0.3) is 33.5 Å². The Morgan fingerprint density at radius 1 is 0.600 bits per heavy atom. The fourth-order valence-electron chi connectivity index (χ4n) is 3.97. The van der Waals surface area contributed by atoms with E-state index in [4.69, 9.17) is 0 Å². The first-order valence-corrected chi connectivity index (χ1v) is 8.84. The van der Waals surface area contributed by atoms with Crippen LogP contribution in [0.2, 0.25) is 0 Å². The maximum absolute atomic E-state index is 2.44. The molecule has 0 spiro atoms. The van der Waals surface area contributed by atoms with Crippen molar-refractivity contribution < 1.29 is 0 Å². The lowest BCUT2D eigenvalue weighted by Gasteiger charge is -2.21. The summed E-state index contributed by atoms with van der Waals surface area (Å²) in [5, 5.41) is 0. The number of hydrogen-bond donors (Lipinski definition) is 0. The van der Waals surface area contributed by atoms with Gasteiger partial charge in [0, 0.05) is 29.4 Å². The minimum Gasteiger partial charge on any atom is -0.346 e. The average Bonchev–Trinajstić information content (AvgIpc) is 3.09. The van der Waals surface area contributed by atoms with E-state index in [1.165, 1.54) is 39.1 Å². The van der Waals surface area contributed by atoms with Gasteiger partial charge in [-0.25, -0.2) is 0 Å². The third kappa shape index (κ3) is 2.32. The SMILES string of the molecule is c1ccc(-c2cn3c(c2-c2ccccc2)-c2ccccc2CC3)cc1. The molecule has 0 atom stereocenters. The fraction of sp³-hybridized carbons (Fsp3) is 0.0833. The third-order valence-corrected chi connectivity index (χ3v) is 5.12. The maximum Gasteiger partial charge on any atom is 0.0569 e. The molecule has 0 saturated heterocycles. The van der Waals surface area contributed by atoms with Gasteiger partial charge in [0.2, 0.25) is 0 Å². The van der Waals surface area contributed by atoms with Crippen LogP contribution in [0, 0.1) is 0 Å². The summed E-state index contributed by atoms with van der Waals surface area (Å²) in [4.78, 5) is 0. The fourth-order valence-corrected chi connectivity index (χ4v) is 3.97. The van der Waals surface area contributed by atoms with Crippen molar-refractivity contribution in [3.63, 3.8) is 0 Å². The molecule has 1 heteroatoms. The lowest BCUT2D eigenvalue weighted by atomic mass is 9.91. The molecular formula is C24H19N. The van der Waals surface area contributed by atoms with Crippen LogP contribution < -0.4 is 0 Å². The van der Waals surface area contributed by atoms with Gasteiger partial charge in [0.05, 0.1) is 5.69 Å². The molecule has 4 aromatic rings. The quantitative estimate of drug-likeness (QED) is 0.424. The van der Waals surface area contributed by atoms with Crippen molar-refractivity contribution in [3.05, 3.63) is 96.7 Å². The zero-order chi connectivity index (χ0) is 16.6. The molecule has 5 rings (SSSR count). The molecular weight excluding hydrogens is 302 g/mol. The zero-order valence-corrected chi connectivity index (χ0v) is 14.0. The van der Waals surface area contributed by atoms with E-state index >= 15 is 0 Å². The Balaban J connectivity index is 1.85. The Bertz CT molecular complexity index is 1030. The van der Waals surface area contributed by atoms with Gasteiger partial charge in [0.1, 0.15) is 0 Å². The van der Waals surface area contributed by atoms with Gasteiger partial charge < -0.3 is 4.57 Å². The van der Waals surface area contributed by atoms with Crippen LogP contribution in [-0.2, 0) is 13.0 Å². The summed E-state index contributed by atoms with van der Waals surface area (Å²) in [6, 6.07) is 30.4. The van der Waals surface area contributed by atoms with Crippen molar-refractivity contribution in [2.24, 2.45) is 0 Å². The van der Waals surface area contributed by atoms with E-state index in [9.17, 15) is 0 Å². The van der Waals surface area contributed by atoms with Gasteiger partial charge in [0.25, 0.3) is 0 Å². The topological polar surface area (TPSA) is 4.93 Å². The number of benzene rings is 3. The van der Waals surface area contributed by atoms with Crippen LogP contribution in [0.3, 0.4) is 0 Å². The molecule has 1 aliphatic rings. The van der Waals surface area contributed by atoms with Crippen molar-refractivity contribution in [2.75, 3.05) is 0 Å². The van der Waals surface area contributed by atoms with Gasteiger partial charge in [-0.3, -0.25) is 0 Å². The largest absolute Gasteiger partial charge is 0.346 e. The minimum absolute atomic E-state index is 1.04. The second-order valence-corrected chi connectivity index (χ2v) is 6.60. The molecule has 1 aliphatic heterocycles. The second kappa shape index (κ2) is 5.78. The van der Waals surface area contributed by atoms with Crippen LogP contribution in [0.5, 0.6) is 0 Å². The molecule has 0 bridgehead atoms. The highest BCUT2D eigenvalue weighted by Gasteiger charge is 2.24. The molecule has 3 aromatic carbocycles. The van der Waals surface area contributed by atoms with E-state index < -0.39 is 0 Å². The first kappa shape index (κ1) is 14.3. The normalized spacial score (nSPS) is 12.5. The summed E-state index contributed by atoms with van der Waals surface area (Å²) in [5.74, 6) is 0. The number of hydrogen-bond acceptors (Lipinski definition) is 0. The second-order valence-electron chi connectivity index (χ2n) is 6.60. The minimum atomic E-state index is 1.04. The molecule has 120 valence electrons. The highest BCUT2D eigenvalue weighted by molar-refractivity contribution is 5.95. The van der Waals surface area contributed by atoms with Crippen molar-refractivity contribution in [3.8, 4) is 33.5 Å². The van der Waals surface area contributed by atoms with E-state index in [0.717, 1.165) is 13.0 Å². The first-order valence-electron chi connectivity index (χ1n) is 8.84. The smallest absolute Gasteiger partial charge is 0.0569 e. The predicted molar refractivity (Wildman–Crippen MR) is 104 cm³/mol. The van der Waals surface area contributed by atoms with Gasteiger partial charge >= 0.3 is 0 Å². The lowest BCUT2D eigenvalue weighted by molar-refractivity contribution is 0.690. The van der Waals surface area contributed by atoms with Gasteiger partial charge in [-0.05, 0) is 23.1 Å². The molecule has 1 nitrogen and oxygen atoms in total. The molecule has 0 fully saturated rings. The van der Waals surface area contributed by atoms with Gasteiger partial charge in [-0.1, -0.05) is 84.9 Å². The van der Waals surface area contributed by atoms with Gasteiger partial charge in [0.15, 0.2) is 0 Å². The van der Waals surface area contributed by atoms with Crippen LogP contribution in [0.15, 0.2) is 91.1 Å². The van der Waals surface area contributed by atoms with E-state index in [2.05, 4.69) is 95.7 Å². The predicted octanol–water partition coefficient (Wildman–Crippen LogP) is 6.05. The number of rotatable bonds is 2. The highest BCUT2D eigenvalue weighted by atomic mass is 15.0. The van der Waals surface area contributed by atoms with E-state index in [1.807, 2.05) is 0 Å². The molecule has 2 heterocycles. The highest BCUT2D eigenvalue weighted by Crippen LogP contribution is 2.44. The standard InChI is InChI=1S/C24H19N/c1-3-9-18(10-4-1)22-17-25-16-15-19-11-7-8-14-21(19)24(25)23(22)20-12-5-2-6-13-20/h1-14,17H,15-16H2. The van der Waals surface area contributed by atoms with Crippen molar-refractivity contribution in [1.82, 2.24) is 4.57 Å². The Morgan fingerprint density at radius 2 is 1.24 bits per heavy atom. The Hall–Kier alpha value is -3.06. The Kier molecular flexibility index (Phi) is 3.31. The molecule has 0 amide bonds. The summed E-state index contributed by atoms with van der Waals surface area (Å²) in [5.41, 5.74) is 9.40. The number of aryl methyl sites for hydroxylation is 2. The van der Waals surface area contributed by atoms with Crippen molar-refractivity contribution >= 4 is 0 Å². The van der Waals surface area contributed by atoms with Gasteiger partial charge in [-0.15, -0.1) is 0 Å².